The van der Waals surface area contributed by atoms with Crippen LogP contribution in [0.15, 0.2) is 18.2 Å². The molecule has 1 unspecified atom stereocenters. The van der Waals surface area contributed by atoms with Gasteiger partial charge in [-0.05, 0) is 24.1 Å². The molecule has 0 saturated carbocycles. The third kappa shape index (κ3) is 3.16. The van der Waals surface area contributed by atoms with Crippen LogP contribution in [-0.2, 0) is 0 Å². The standard InChI is InChI=1S/C10H13ClFNO/c1-7(6-14)5-13-10-3-2-8(11)4-9(10)12/h2-4,7,13-14H,5-6H2,1H3. The molecule has 2 nitrogen and oxygen atoms in total. The Morgan fingerprint density at radius 3 is 2.86 bits per heavy atom. The van der Waals surface area contributed by atoms with Crippen LogP contribution in [0.3, 0.4) is 0 Å². The smallest absolute Gasteiger partial charge is 0.147 e. The molecule has 0 aliphatic carbocycles. The molecule has 1 aromatic rings. The van der Waals surface area contributed by atoms with E-state index in [1.807, 2.05) is 6.92 Å². The van der Waals surface area contributed by atoms with E-state index in [9.17, 15) is 4.39 Å². The van der Waals surface area contributed by atoms with Gasteiger partial charge in [0.05, 0.1) is 5.69 Å². The second kappa shape index (κ2) is 5.17. The number of hydrogen-bond donors (Lipinski definition) is 2. The SMILES string of the molecule is CC(CO)CNc1ccc(Cl)cc1F. The van der Waals surface area contributed by atoms with Crippen molar-refractivity contribution in [2.45, 2.75) is 6.92 Å². The van der Waals surface area contributed by atoms with Crippen molar-refractivity contribution < 1.29 is 9.50 Å². The minimum atomic E-state index is -0.373. The number of anilines is 1. The van der Waals surface area contributed by atoms with E-state index in [0.29, 0.717) is 17.3 Å². The summed E-state index contributed by atoms with van der Waals surface area (Å²) < 4.78 is 13.2. The first kappa shape index (κ1) is 11.3. The largest absolute Gasteiger partial charge is 0.396 e. The molecule has 4 heteroatoms. The fourth-order valence-electron chi connectivity index (χ4n) is 0.982. The Kier molecular flexibility index (Phi) is 4.17. The number of rotatable bonds is 4. The molecule has 0 heterocycles. The van der Waals surface area contributed by atoms with E-state index in [1.54, 1.807) is 12.1 Å². The lowest BCUT2D eigenvalue weighted by Gasteiger charge is -2.11. The molecule has 0 spiro atoms. The summed E-state index contributed by atoms with van der Waals surface area (Å²) >= 11 is 5.60. The summed E-state index contributed by atoms with van der Waals surface area (Å²) in [6.45, 7) is 2.50. The van der Waals surface area contributed by atoms with E-state index < -0.39 is 0 Å². The van der Waals surface area contributed by atoms with E-state index in [1.165, 1.54) is 6.07 Å². The maximum Gasteiger partial charge on any atom is 0.147 e. The highest BCUT2D eigenvalue weighted by atomic mass is 35.5. The van der Waals surface area contributed by atoms with Gasteiger partial charge in [0.25, 0.3) is 0 Å². The van der Waals surface area contributed by atoms with E-state index in [0.717, 1.165) is 0 Å². The Morgan fingerprint density at radius 2 is 2.29 bits per heavy atom. The van der Waals surface area contributed by atoms with E-state index in [4.69, 9.17) is 16.7 Å². The minimum absolute atomic E-state index is 0.0855. The molecule has 0 bridgehead atoms. The zero-order valence-corrected chi connectivity index (χ0v) is 8.68. The van der Waals surface area contributed by atoms with Crippen molar-refractivity contribution in [2.24, 2.45) is 5.92 Å². The molecule has 0 amide bonds. The summed E-state index contributed by atoms with van der Waals surface area (Å²) in [7, 11) is 0. The molecule has 2 N–H and O–H groups in total. The lowest BCUT2D eigenvalue weighted by atomic mass is 10.2. The molecule has 1 rings (SSSR count). The fraction of sp³-hybridized carbons (Fsp3) is 0.400. The predicted octanol–water partition coefficient (Wildman–Crippen LogP) is 2.52. The van der Waals surface area contributed by atoms with Crippen molar-refractivity contribution in [3.8, 4) is 0 Å². The summed E-state index contributed by atoms with van der Waals surface area (Å²) in [5.41, 5.74) is 0.412. The quantitative estimate of drug-likeness (QED) is 0.813. The summed E-state index contributed by atoms with van der Waals surface area (Å²) in [5, 5.41) is 12.0. The van der Waals surface area contributed by atoms with Gasteiger partial charge < -0.3 is 10.4 Å². The van der Waals surface area contributed by atoms with Gasteiger partial charge in [-0.2, -0.15) is 0 Å². The summed E-state index contributed by atoms with van der Waals surface area (Å²) in [4.78, 5) is 0. The topological polar surface area (TPSA) is 32.3 Å². The average molecular weight is 218 g/mol. The Labute approximate surface area is 87.7 Å². The fourth-order valence-corrected chi connectivity index (χ4v) is 1.14. The molecule has 0 radical (unpaired) electrons. The number of halogens is 2. The van der Waals surface area contributed by atoms with Crippen LogP contribution in [0, 0.1) is 11.7 Å². The number of nitrogens with one attached hydrogen (secondary N) is 1. The van der Waals surface area contributed by atoms with Gasteiger partial charge in [-0.3, -0.25) is 0 Å². The zero-order valence-electron chi connectivity index (χ0n) is 7.93. The molecular weight excluding hydrogens is 205 g/mol. The lowest BCUT2D eigenvalue weighted by molar-refractivity contribution is 0.244. The van der Waals surface area contributed by atoms with Crippen LogP contribution < -0.4 is 5.32 Å². The Hall–Kier alpha value is -0.800. The van der Waals surface area contributed by atoms with Crippen LogP contribution in [0.25, 0.3) is 0 Å². The Bertz CT molecular complexity index is 306. The molecular formula is C10H13ClFNO. The monoisotopic (exact) mass is 217 g/mol. The van der Waals surface area contributed by atoms with Gasteiger partial charge in [-0.15, -0.1) is 0 Å². The predicted molar refractivity (Wildman–Crippen MR) is 56.1 cm³/mol. The molecule has 0 fully saturated rings. The highest BCUT2D eigenvalue weighted by molar-refractivity contribution is 6.30. The van der Waals surface area contributed by atoms with E-state index >= 15 is 0 Å². The molecule has 0 aliphatic rings. The first-order chi connectivity index (χ1) is 6.63. The van der Waals surface area contributed by atoms with Crippen LogP contribution in [-0.4, -0.2) is 18.3 Å². The van der Waals surface area contributed by atoms with Crippen molar-refractivity contribution in [1.29, 1.82) is 0 Å². The average Bonchev–Trinajstić information content (AvgIpc) is 2.16. The van der Waals surface area contributed by atoms with Crippen molar-refractivity contribution in [3.63, 3.8) is 0 Å². The highest BCUT2D eigenvalue weighted by Gasteiger charge is 2.04. The van der Waals surface area contributed by atoms with Gasteiger partial charge in [0.1, 0.15) is 5.82 Å². The van der Waals surface area contributed by atoms with Gasteiger partial charge >= 0.3 is 0 Å². The maximum atomic E-state index is 13.2. The number of benzene rings is 1. The van der Waals surface area contributed by atoms with Gasteiger partial charge in [0.15, 0.2) is 0 Å². The molecule has 0 aliphatic heterocycles. The number of hydrogen-bond acceptors (Lipinski definition) is 2. The van der Waals surface area contributed by atoms with Crippen LogP contribution >= 0.6 is 11.6 Å². The molecule has 14 heavy (non-hydrogen) atoms. The normalized spacial score (nSPS) is 12.6. The van der Waals surface area contributed by atoms with Crippen molar-refractivity contribution in [1.82, 2.24) is 0 Å². The zero-order chi connectivity index (χ0) is 10.6. The summed E-state index contributed by atoms with van der Waals surface area (Å²) in [6, 6.07) is 4.46. The maximum absolute atomic E-state index is 13.2. The van der Waals surface area contributed by atoms with Crippen LogP contribution in [0.1, 0.15) is 6.92 Å². The lowest BCUT2D eigenvalue weighted by Crippen LogP contribution is -2.15. The molecule has 1 aromatic carbocycles. The van der Waals surface area contributed by atoms with Crippen molar-refractivity contribution >= 4 is 17.3 Å². The summed E-state index contributed by atoms with van der Waals surface area (Å²) in [5.74, 6) is -0.271. The minimum Gasteiger partial charge on any atom is -0.396 e. The molecule has 1 atom stereocenters. The van der Waals surface area contributed by atoms with Gasteiger partial charge in [-0.25, -0.2) is 4.39 Å². The molecule has 0 aromatic heterocycles. The van der Waals surface area contributed by atoms with Crippen molar-refractivity contribution in [3.05, 3.63) is 29.0 Å². The second-order valence-electron chi connectivity index (χ2n) is 3.29. The Balaban J connectivity index is 2.59. The highest BCUT2D eigenvalue weighted by Crippen LogP contribution is 2.18. The van der Waals surface area contributed by atoms with E-state index in [-0.39, 0.29) is 18.3 Å². The van der Waals surface area contributed by atoms with Gasteiger partial charge in [0.2, 0.25) is 0 Å². The van der Waals surface area contributed by atoms with Crippen molar-refractivity contribution in [2.75, 3.05) is 18.5 Å². The number of aliphatic hydroxyl groups excluding tert-OH is 1. The second-order valence-corrected chi connectivity index (χ2v) is 3.73. The third-order valence-electron chi connectivity index (χ3n) is 1.88. The van der Waals surface area contributed by atoms with Crippen LogP contribution in [0.2, 0.25) is 5.02 Å². The van der Waals surface area contributed by atoms with Gasteiger partial charge in [0, 0.05) is 18.2 Å². The number of aliphatic hydroxyl groups is 1. The van der Waals surface area contributed by atoms with E-state index in [2.05, 4.69) is 5.32 Å². The first-order valence-corrected chi connectivity index (χ1v) is 4.81. The Morgan fingerprint density at radius 1 is 1.57 bits per heavy atom. The molecule has 0 saturated heterocycles. The first-order valence-electron chi connectivity index (χ1n) is 4.43. The van der Waals surface area contributed by atoms with Gasteiger partial charge in [-0.1, -0.05) is 18.5 Å². The third-order valence-corrected chi connectivity index (χ3v) is 2.12. The molecule has 78 valence electrons. The summed E-state index contributed by atoms with van der Waals surface area (Å²) in [6.07, 6.45) is 0. The van der Waals surface area contributed by atoms with Crippen LogP contribution in [0.5, 0.6) is 0 Å². The van der Waals surface area contributed by atoms with Crippen LogP contribution in [0.4, 0.5) is 10.1 Å².